The van der Waals surface area contributed by atoms with Crippen molar-refractivity contribution in [2.45, 2.75) is 57.3 Å². The lowest BCUT2D eigenvalue weighted by atomic mass is 10.0. The van der Waals surface area contributed by atoms with E-state index < -0.39 is 66.9 Å². The van der Waals surface area contributed by atoms with Crippen LogP contribution >= 0.6 is 0 Å². The number of phenols is 1. The number of nitrogens with one attached hydrogen (secondary N) is 3. The van der Waals surface area contributed by atoms with Crippen LogP contribution in [0.3, 0.4) is 0 Å². The van der Waals surface area contributed by atoms with Crippen LogP contribution in [0.2, 0.25) is 0 Å². The van der Waals surface area contributed by atoms with Gasteiger partial charge in [0.2, 0.25) is 17.7 Å². The number of benzene rings is 1. The Kier molecular flexibility index (Phi) is 11.6. The Morgan fingerprint density at radius 2 is 1.37 bits per heavy atom. The highest BCUT2D eigenvalue weighted by atomic mass is 16.4. The predicted molar refractivity (Wildman–Crippen MR) is 122 cm³/mol. The van der Waals surface area contributed by atoms with E-state index in [1.165, 1.54) is 24.3 Å². The summed E-state index contributed by atoms with van der Waals surface area (Å²) in [5, 5.41) is 43.7. The van der Waals surface area contributed by atoms with Crippen molar-refractivity contribution in [2.75, 3.05) is 6.61 Å². The molecular formula is C22H32N4O9. The first-order valence-electron chi connectivity index (χ1n) is 10.8. The summed E-state index contributed by atoms with van der Waals surface area (Å²) in [5.74, 6) is -5.42. The van der Waals surface area contributed by atoms with Gasteiger partial charge in [-0.05, 0) is 30.0 Å². The van der Waals surface area contributed by atoms with Gasteiger partial charge in [-0.1, -0.05) is 26.0 Å². The van der Waals surface area contributed by atoms with E-state index >= 15 is 0 Å². The number of hydrogen-bond donors (Lipinski definition) is 8. The van der Waals surface area contributed by atoms with Crippen LogP contribution in [0, 0.1) is 5.92 Å². The molecule has 4 unspecified atom stereocenters. The van der Waals surface area contributed by atoms with Crippen molar-refractivity contribution in [2.24, 2.45) is 11.7 Å². The Labute approximate surface area is 201 Å². The van der Waals surface area contributed by atoms with Gasteiger partial charge in [-0.3, -0.25) is 19.2 Å². The third-order valence-corrected chi connectivity index (χ3v) is 4.88. The Morgan fingerprint density at radius 1 is 0.857 bits per heavy atom. The molecule has 0 fully saturated rings. The average Bonchev–Trinajstić information content (AvgIpc) is 2.76. The minimum absolute atomic E-state index is 0.0255. The molecule has 9 N–H and O–H groups in total. The number of carboxylic acids is 2. The van der Waals surface area contributed by atoms with Crippen LogP contribution in [0.1, 0.15) is 32.3 Å². The quantitative estimate of drug-likeness (QED) is 0.146. The molecule has 0 saturated carbocycles. The van der Waals surface area contributed by atoms with E-state index in [1.807, 2.05) is 0 Å². The van der Waals surface area contributed by atoms with Gasteiger partial charge in [0.25, 0.3) is 0 Å². The van der Waals surface area contributed by atoms with Gasteiger partial charge in [0.15, 0.2) is 0 Å². The van der Waals surface area contributed by atoms with E-state index in [4.69, 9.17) is 15.9 Å². The van der Waals surface area contributed by atoms with Crippen molar-refractivity contribution in [3.05, 3.63) is 29.8 Å². The third-order valence-electron chi connectivity index (χ3n) is 4.88. The number of aliphatic carboxylic acids is 2. The third kappa shape index (κ3) is 10.4. The topological polar surface area (TPSA) is 228 Å². The lowest BCUT2D eigenvalue weighted by molar-refractivity contribution is -0.143. The van der Waals surface area contributed by atoms with Crippen LogP contribution in [-0.2, 0) is 30.4 Å². The fourth-order valence-corrected chi connectivity index (χ4v) is 3.07. The number of carboxylic acid groups (broad SMARTS) is 2. The molecular weight excluding hydrogens is 464 g/mol. The second-order valence-electron chi connectivity index (χ2n) is 8.41. The molecule has 194 valence electrons. The molecule has 1 aromatic carbocycles. The Morgan fingerprint density at radius 3 is 1.86 bits per heavy atom. The summed E-state index contributed by atoms with van der Waals surface area (Å²) in [6, 6.07) is 0.262. The maximum atomic E-state index is 13.0. The fourth-order valence-electron chi connectivity index (χ4n) is 3.07. The minimum Gasteiger partial charge on any atom is -0.508 e. The summed E-state index contributed by atoms with van der Waals surface area (Å²) in [4.78, 5) is 60.2. The molecule has 0 aliphatic rings. The highest BCUT2D eigenvalue weighted by molar-refractivity contribution is 5.94. The Balaban J connectivity index is 3.12. The molecule has 0 aliphatic heterocycles. The van der Waals surface area contributed by atoms with Gasteiger partial charge in [-0.15, -0.1) is 0 Å². The number of aliphatic hydroxyl groups excluding tert-OH is 1. The predicted octanol–water partition coefficient (Wildman–Crippen LogP) is -1.69. The highest BCUT2D eigenvalue weighted by Crippen LogP contribution is 2.12. The van der Waals surface area contributed by atoms with Crippen molar-refractivity contribution >= 4 is 29.7 Å². The molecule has 13 heteroatoms. The summed E-state index contributed by atoms with van der Waals surface area (Å²) < 4.78 is 0. The van der Waals surface area contributed by atoms with Crippen LogP contribution < -0.4 is 21.7 Å². The van der Waals surface area contributed by atoms with Crippen LogP contribution in [0.5, 0.6) is 5.75 Å². The molecule has 0 aliphatic carbocycles. The van der Waals surface area contributed by atoms with E-state index in [9.17, 15) is 34.2 Å². The average molecular weight is 497 g/mol. The molecule has 0 saturated heterocycles. The van der Waals surface area contributed by atoms with Gasteiger partial charge in [-0.25, -0.2) is 4.79 Å². The number of aliphatic hydroxyl groups is 1. The molecule has 3 amide bonds. The van der Waals surface area contributed by atoms with Crippen LogP contribution in [0.4, 0.5) is 0 Å². The first kappa shape index (κ1) is 29.3. The maximum Gasteiger partial charge on any atom is 0.328 e. The van der Waals surface area contributed by atoms with Crippen molar-refractivity contribution in [3.63, 3.8) is 0 Å². The summed E-state index contributed by atoms with van der Waals surface area (Å²) in [7, 11) is 0. The Bertz CT molecular complexity index is 905. The summed E-state index contributed by atoms with van der Waals surface area (Å²) >= 11 is 0. The van der Waals surface area contributed by atoms with Gasteiger partial charge in [-0.2, -0.15) is 0 Å². The zero-order chi connectivity index (χ0) is 26.7. The van der Waals surface area contributed by atoms with E-state index in [1.54, 1.807) is 13.8 Å². The summed E-state index contributed by atoms with van der Waals surface area (Å²) in [6.45, 7) is 2.68. The minimum atomic E-state index is -1.61. The number of amides is 3. The monoisotopic (exact) mass is 496 g/mol. The van der Waals surface area contributed by atoms with Crippen molar-refractivity contribution in [1.29, 1.82) is 0 Å². The number of rotatable bonds is 14. The highest BCUT2D eigenvalue weighted by Gasteiger charge is 2.31. The molecule has 4 atom stereocenters. The molecule has 1 aromatic rings. The fraction of sp³-hybridized carbons (Fsp3) is 0.500. The molecule has 0 bridgehead atoms. The lowest BCUT2D eigenvalue weighted by Gasteiger charge is -2.26. The van der Waals surface area contributed by atoms with E-state index in [0.717, 1.165) is 0 Å². The smallest absolute Gasteiger partial charge is 0.328 e. The normalized spacial score (nSPS) is 14.3. The van der Waals surface area contributed by atoms with Gasteiger partial charge in [0, 0.05) is 6.42 Å². The van der Waals surface area contributed by atoms with Crippen molar-refractivity contribution in [1.82, 2.24) is 16.0 Å². The van der Waals surface area contributed by atoms with Crippen molar-refractivity contribution in [3.8, 4) is 5.75 Å². The van der Waals surface area contributed by atoms with Crippen LogP contribution in [-0.4, -0.2) is 80.9 Å². The van der Waals surface area contributed by atoms with Crippen molar-refractivity contribution < 1.29 is 44.4 Å². The van der Waals surface area contributed by atoms with E-state index in [0.29, 0.717) is 5.56 Å². The lowest BCUT2D eigenvalue weighted by Crippen LogP contribution is -2.58. The molecule has 0 aromatic heterocycles. The zero-order valence-electron chi connectivity index (χ0n) is 19.4. The summed E-state index contributed by atoms with van der Waals surface area (Å²) in [6.07, 6.45) is -0.610. The SMILES string of the molecule is CC(C)CC(NC(=O)C(N)CC(=O)O)C(=O)NC(Cc1ccc(O)cc1)C(=O)NC(CO)C(=O)O. The van der Waals surface area contributed by atoms with Crippen LogP contribution in [0.25, 0.3) is 0 Å². The standard InChI is InChI=1S/C22H32N4O9/c1-11(2)7-15(24-19(31)14(23)9-18(29)30)20(32)25-16(8-12-3-5-13(28)6-4-12)21(33)26-17(10-27)22(34)35/h3-6,11,14-17,27-28H,7-10,23H2,1-2H3,(H,24,31)(H,25,32)(H,26,33)(H,29,30)(H,34,35). The molecule has 35 heavy (non-hydrogen) atoms. The zero-order valence-corrected chi connectivity index (χ0v) is 19.4. The second kappa shape index (κ2) is 13.9. The Hall–Kier alpha value is -3.71. The first-order valence-corrected chi connectivity index (χ1v) is 10.8. The molecule has 13 nitrogen and oxygen atoms in total. The van der Waals surface area contributed by atoms with Gasteiger partial charge in [0.1, 0.15) is 23.9 Å². The maximum absolute atomic E-state index is 13.0. The number of carbonyl (C=O) groups is 5. The van der Waals surface area contributed by atoms with Gasteiger partial charge in [0.05, 0.1) is 19.1 Å². The number of nitrogens with two attached hydrogens (primary N) is 1. The van der Waals surface area contributed by atoms with Crippen LogP contribution in [0.15, 0.2) is 24.3 Å². The first-order chi connectivity index (χ1) is 16.3. The van der Waals surface area contributed by atoms with E-state index in [-0.39, 0.29) is 24.5 Å². The second-order valence-corrected chi connectivity index (χ2v) is 8.41. The number of carbonyl (C=O) groups excluding carboxylic acids is 3. The molecule has 0 spiro atoms. The number of aromatic hydroxyl groups is 1. The van der Waals surface area contributed by atoms with Gasteiger partial charge >= 0.3 is 11.9 Å². The van der Waals surface area contributed by atoms with E-state index in [2.05, 4.69) is 16.0 Å². The number of phenolic OH excluding ortho intramolecular Hbond substituents is 1. The van der Waals surface area contributed by atoms with Gasteiger partial charge < -0.3 is 42.1 Å². The summed E-state index contributed by atoms with van der Waals surface area (Å²) in [5.41, 5.74) is 6.09. The molecule has 1 rings (SSSR count). The number of hydrogen-bond acceptors (Lipinski definition) is 8. The molecule has 0 heterocycles. The largest absolute Gasteiger partial charge is 0.508 e. The molecule has 0 radical (unpaired) electrons.